The zero-order valence-corrected chi connectivity index (χ0v) is 14.0. The van der Waals surface area contributed by atoms with E-state index in [-0.39, 0.29) is 41.7 Å². The molecule has 0 saturated carbocycles. The van der Waals surface area contributed by atoms with Gasteiger partial charge >= 0.3 is 5.69 Å². The van der Waals surface area contributed by atoms with Gasteiger partial charge in [0.2, 0.25) is 0 Å². The molecule has 1 aromatic rings. The Labute approximate surface area is 141 Å². The molecule has 8 heteroatoms. The SMILES string of the molecule is CCOc1ccc(C(=O)N2CC(CN)CC2C)cc1[N+](=O)[O-].Cl. The minimum atomic E-state index is -0.530. The minimum absolute atomic E-state index is 0. The molecule has 128 valence electrons. The number of nitro benzene ring substituents is 1. The number of nitrogens with zero attached hydrogens (tertiary/aromatic N) is 2. The maximum absolute atomic E-state index is 12.6. The van der Waals surface area contributed by atoms with E-state index < -0.39 is 4.92 Å². The smallest absolute Gasteiger partial charge is 0.311 e. The lowest BCUT2D eigenvalue weighted by atomic mass is 10.1. The average molecular weight is 344 g/mol. The molecule has 1 saturated heterocycles. The summed E-state index contributed by atoms with van der Waals surface area (Å²) >= 11 is 0. The Morgan fingerprint density at radius 2 is 2.22 bits per heavy atom. The fourth-order valence-electron chi connectivity index (χ4n) is 2.83. The third-order valence-corrected chi connectivity index (χ3v) is 3.96. The summed E-state index contributed by atoms with van der Waals surface area (Å²) in [6, 6.07) is 4.43. The van der Waals surface area contributed by atoms with Gasteiger partial charge in [0, 0.05) is 24.2 Å². The Morgan fingerprint density at radius 3 is 2.74 bits per heavy atom. The van der Waals surface area contributed by atoms with Crippen molar-refractivity contribution in [1.82, 2.24) is 4.90 Å². The zero-order chi connectivity index (χ0) is 16.3. The molecular weight excluding hydrogens is 322 g/mol. The second kappa shape index (κ2) is 8.12. The number of nitrogens with two attached hydrogens (primary N) is 1. The largest absolute Gasteiger partial charge is 0.487 e. The highest BCUT2D eigenvalue weighted by atomic mass is 35.5. The van der Waals surface area contributed by atoms with E-state index >= 15 is 0 Å². The van der Waals surface area contributed by atoms with Gasteiger partial charge in [-0.3, -0.25) is 14.9 Å². The van der Waals surface area contributed by atoms with E-state index in [0.29, 0.717) is 25.3 Å². The number of likely N-dealkylation sites (tertiary alicyclic amines) is 1. The first-order valence-corrected chi connectivity index (χ1v) is 7.40. The van der Waals surface area contributed by atoms with Crippen molar-refractivity contribution < 1.29 is 14.5 Å². The van der Waals surface area contributed by atoms with Gasteiger partial charge in [0.1, 0.15) is 0 Å². The average Bonchev–Trinajstić information content (AvgIpc) is 2.88. The van der Waals surface area contributed by atoms with Gasteiger partial charge in [-0.2, -0.15) is 0 Å². The molecular formula is C15H22ClN3O4. The summed E-state index contributed by atoms with van der Waals surface area (Å²) in [4.78, 5) is 24.9. The molecule has 7 nitrogen and oxygen atoms in total. The van der Waals surface area contributed by atoms with Crippen LogP contribution in [0.15, 0.2) is 18.2 Å². The summed E-state index contributed by atoms with van der Waals surface area (Å²) in [5.74, 6) is 0.268. The lowest BCUT2D eigenvalue weighted by Gasteiger charge is -2.21. The molecule has 2 N–H and O–H groups in total. The quantitative estimate of drug-likeness (QED) is 0.652. The molecule has 0 spiro atoms. The molecule has 2 rings (SSSR count). The first kappa shape index (κ1) is 19.2. The second-order valence-electron chi connectivity index (χ2n) is 5.52. The van der Waals surface area contributed by atoms with E-state index in [1.807, 2.05) is 6.92 Å². The van der Waals surface area contributed by atoms with Gasteiger partial charge in [-0.25, -0.2) is 0 Å². The van der Waals surface area contributed by atoms with Crippen LogP contribution >= 0.6 is 12.4 Å². The number of benzene rings is 1. The van der Waals surface area contributed by atoms with Crippen LogP contribution in [0.4, 0.5) is 5.69 Å². The fourth-order valence-corrected chi connectivity index (χ4v) is 2.83. The maximum atomic E-state index is 12.6. The lowest BCUT2D eigenvalue weighted by Crippen LogP contribution is -2.34. The van der Waals surface area contributed by atoms with Crippen LogP contribution in [0.25, 0.3) is 0 Å². The highest BCUT2D eigenvalue weighted by Crippen LogP contribution is 2.30. The normalized spacial score (nSPS) is 20.0. The summed E-state index contributed by atoms with van der Waals surface area (Å²) in [5, 5.41) is 11.1. The number of ether oxygens (including phenoxy) is 1. The number of nitro groups is 1. The molecule has 1 aromatic carbocycles. The molecule has 0 radical (unpaired) electrons. The monoisotopic (exact) mass is 343 g/mol. The van der Waals surface area contributed by atoms with Crippen molar-refractivity contribution in [1.29, 1.82) is 0 Å². The number of rotatable bonds is 5. The van der Waals surface area contributed by atoms with Crippen LogP contribution < -0.4 is 10.5 Å². The van der Waals surface area contributed by atoms with Crippen LogP contribution in [-0.2, 0) is 0 Å². The Hall–Kier alpha value is -1.86. The molecule has 1 aliphatic rings. The van der Waals surface area contributed by atoms with Crippen molar-refractivity contribution in [2.75, 3.05) is 19.7 Å². The Balaban J connectivity index is 0.00000264. The first-order valence-electron chi connectivity index (χ1n) is 7.40. The second-order valence-corrected chi connectivity index (χ2v) is 5.52. The zero-order valence-electron chi connectivity index (χ0n) is 13.2. The van der Waals surface area contributed by atoms with Crippen LogP contribution in [0.2, 0.25) is 0 Å². The van der Waals surface area contributed by atoms with Crippen LogP contribution in [0.1, 0.15) is 30.6 Å². The molecule has 1 amide bonds. The summed E-state index contributed by atoms with van der Waals surface area (Å²) in [6.45, 7) is 5.18. The van der Waals surface area contributed by atoms with Crippen molar-refractivity contribution in [3.8, 4) is 5.75 Å². The third kappa shape index (κ3) is 4.11. The molecule has 2 unspecified atom stereocenters. The van der Waals surface area contributed by atoms with Crippen molar-refractivity contribution in [3.63, 3.8) is 0 Å². The lowest BCUT2D eigenvalue weighted by molar-refractivity contribution is -0.385. The molecule has 0 aliphatic carbocycles. The predicted octanol–water partition coefficient (Wildman–Crippen LogP) is 2.22. The minimum Gasteiger partial charge on any atom is -0.487 e. The number of hydrogen-bond donors (Lipinski definition) is 1. The van der Waals surface area contributed by atoms with Crippen LogP contribution in [0.5, 0.6) is 5.75 Å². The van der Waals surface area contributed by atoms with E-state index in [4.69, 9.17) is 10.5 Å². The van der Waals surface area contributed by atoms with Crippen LogP contribution in [0, 0.1) is 16.0 Å². The first-order chi connectivity index (χ1) is 10.5. The molecule has 23 heavy (non-hydrogen) atoms. The summed E-state index contributed by atoms with van der Waals surface area (Å²) in [5.41, 5.74) is 5.79. The van der Waals surface area contributed by atoms with Gasteiger partial charge in [-0.05, 0) is 44.9 Å². The molecule has 1 aliphatic heterocycles. The van der Waals surface area contributed by atoms with Crippen molar-refractivity contribution in [2.45, 2.75) is 26.3 Å². The highest BCUT2D eigenvalue weighted by molar-refractivity contribution is 5.95. The van der Waals surface area contributed by atoms with Gasteiger partial charge in [0.25, 0.3) is 5.91 Å². The number of halogens is 1. The standard InChI is InChI=1S/C15H21N3O4.ClH/c1-3-22-14-5-4-12(7-13(14)18(20)21)15(19)17-9-11(8-16)6-10(17)2;/h4-5,7,10-11H,3,6,8-9,16H2,1-2H3;1H. The third-order valence-electron chi connectivity index (χ3n) is 3.96. The van der Waals surface area contributed by atoms with E-state index in [1.54, 1.807) is 17.9 Å². The number of amides is 1. The molecule has 0 aromatic heterocycles. The van der Waals surface area contributed by atoms with Crippen molar-refractivity contribution in [3.05, 3.63) is 33.9 Å². The van der Waals surface area contributed by atoms with E-state index in [1.165, 1.54) is 12.1 Å². The van der Waals surface area contributed by atoms with Gasteiger partial charge in [0.05, 0.1) is 11.5 Å². The number of hydrogen-bond acceptors (Lipinski definition) is 5. The van der Waals surface area contributed by atoms with Gasteiger partial charge < -0.3 is 15.4 Å². The van der Waals surface area contributed by atoms with Crippen LogP contribution in [-0.4, -0.2) is 41.5 Å². The molecule has 2 atom stereocenters. The summed E-state index contributed by atoms with van der Waals surface area (Å²) in [6.07, 6.45) is 0.862. The Kier molecular flexibility index (Phi) is 6.78. The van der Waals surface area contributed by atoms with Crippen molar-refractivity contribution in [2.24, 2.45) is 11.7 Å². The Bertz CT molecular complexity index is 582. The van der Waals surface area contributed by atoms with Gasteiger partial charge in [-0.1, -0.05) is 0 Å². The topological polar surface area (TPSA) is 98.7 Å². The molecule has 0 bridgehead atoms. The van der Waals surface area contributed by atoms with Gasteiger partial charge in [0.15, 0.2) is 5.75 Å². The predicted molar refractivity (Wildman–Crippen MR) is 89.2 cm³/mol. The van der Waals surface area contributed by atoms with Crippen LogP contribution in [0.3, 0.4) is 0 Å². The van der Waals surface area contributed by atoms with Gasteiger partial charge in [-0.15, -0.1) is 12.4 Å². The fraction of sp³-hybridized carbons (Fsp3) is 0.533. The highest BCUT2D eigenvalue weighted by Gasteiger charge is 2.33. The van der Waals surface area contributed by atoms with Crippen molar-refractivity contribution >= 4 is 24.0 Å². The maximum Gasteiger partial charge on any atom is 0.311 e. The number of carbonyl (C=O) groups is 1. The van der Waals surface area contributed by atoms with E-state index in [2.05, 4.69) is 0 Å². The number of carbonyl (C=O) groups excluding carboxylic acids is 1. The van der Waals surface area contributed by atoms with E-state index in [9.17, 15) is 14.9 Å². The summed E-state index contributed by atoms with van der Waals surface area (Å²) in [7, 11) is 0. The van der Waals surface area contributed by atoms with E-state index in [0.717, 1.165) is 6.42 Å². The molecule has 1 fully saturated rings. The summed E-state index contributed by atoms with van der Waals surface area (Å²) < 4.78 is 5.23. The molecule has 1 heterocycles. The Morgan fingerprint density at radius 1 is 1.52 bits per heavy atom.